The lowest BCUT2D eigenvalue weighted by Crippen LogP contribution is -2.01. The van der Waals surface area contributed by atoms with Crippen molar-refractivity contribution in [2.45, 2.75) is 0 Å². The van der Waals surface area contributed by atoms with Gasteiger partial charge in [0.15, 0.2) is 17.2 Å². The van der Waals surface area contributed by atoms with Crippen LogP contribution in [-0.4, -0.2) is 15.3 Å². The largest absolute Gasteiger partial charge is 0.504 e. The van der Waals surface area contributed by atoms with Crippen LogP contribution in [0.15, 0.2) is 60.6 Å². The van der Waals surface area contributed by atoms with Gasteiger partial charge >= 0.3 is 0 Å². The van der Waals surface area contributed by atoms with Crippen molar-refractivity contribution in [3.05, 3.63) is 61.6 Å². The van der Waals surface area contributed by atoms with Gasteiger partial charge in [0.25, 0.3) is 0 Å². The number of hydrogen-bond acceptors (Lipinski definition) is 5. The van der Waals surface area contributed by atoms with Crippen molar-refractivity contribution >= 4 is 42.8 Å². The van der Waals surface area contributed by atoms with Crippen LogP contribution in [0.4, 0.5) is 0 Å². The predicted octanol–water partition coefficient (Wildman–Crippen LogP) is 5.21. The van der Waals surface area contributed by atoms with Gasteiger partial charge in [-0.05, 0) is 35.9 Å². The predicted molar refractivity (Wildman–Crippen MR) is 105 cm³/mol. The maximum atomic E-state index is 11.8. The number of aromatic hydroxyl groups is 3. The third-order valence-electron chi connectivity index (χ3n) is 4.05. The van der Waals surface area contributed by atoms with Gasteiger partial charge in [0.1, 0.15) is 11.3 Å². The Balaban J connectivity index is 2.24. The number of rotatable bonds is 1. The van der Waals surface area contributed by atoms with Crippen LogP contribution in [0.1, 0.15) is 0 Å². The van der Waals surface area contributed by atoms with Gasteiger partial charge in [0.2, 0.25) is 5.43 Å². The second kappa shape index (κ2) is 6.03. The van der Waals surface area contributed by atoms with E-state index < -0.39 is 11.2 Å². The van der Waals surface area contributed by atoms with Crippen LogP contribution < -0.4 is 5.43 Å². The fraction of sp³-hybridized carbons (Fsp3) is 0. The molecule has 3 N–H and O–H groups in total. The lowest BCUT2D eigenvalue weighted by Gasteiger charge is -2.16. The standard InChI is InChI=1S/C19H10Br2O5/c20-9-1-8(2-10(21)3-9)19-11-4-13(22)15(24)6-17(11)26-18-7-16(25)14(23)5-12(18)19/h1-7,22-24H. The zero-order valence-electron chi connectivity index (χ0n) is 13.0. The third-order valence-corrected chi connectivity index (χ3v) is 4.96. The molecule has 0 amide bonds. The van der Waals surface area contributed by atoms with Crippen LogP contribution in [0.2, 0.25) is 0 Å². The number of halogens is 2. The van der Waals surface area contributed by atoms with Crippen molar-refractivity contribution in [3.63, 3.8) is 0 Å². The molecule has 1 aliphatic carbocycles. The Labute approximate surface area is 163 Å². The Morgan fingerprint density at radius 2 is 1.42 bits per heavy atom. The molecule has 130 valence electrons. The number of fused-ring (bicyclic) bond motifs is 2. The van der Waals surface area contributed by atoms with E-state index in [9.17, 15) is 20.1 Å². The first kappa shape index (κ1) is 16.9. The first-order valence-corrected chi connectivity index (χ1v) is 9.04. The van der Waals surface area contributed by atoms with Crippen LogP contribution in [0.25, 0.3) is 33.4 Å². The first-order valence-electron chi connectivity index (χ1n) is 7.45. The van der Waals surface area contributed by atoms with E-state index in [-0.39, 0.29) is 17.3 Å². The van der Waals surface area contributed by atoms with Crippen molar-refractivity contribution < 1.29 is 19.7 Å². The molecule has 5 nitrogen and oxygen atoms in total. The van der Waals surface area contributed by atoms with Gasteiger partial charge < -0.3 is 19.7 Å². The van der Waals surface area contributed by atoms with E-state index in [0.29, 0.717) is 22.1 Å². The molecule has 0 fully saturated rings. The summed E-state index contributed by atoms with van der Waals surface area (Å²) < 4.78 is 7.37. The van der Waals surface area contributed by atoms with E-state index in [1.165, 1.54) is 24.3 Å². The van der Waals surface area contributed by atoms with Crippen molar-refractivity contribution in [2.24, 2.45) is 0 Å². The summed E-state index contributed by atoms with van der Waals surface area (Å²) in [5.74, 6) is -0.767. The summed E-state index contributed by atoms with van der Waals surface area (Å²) in [5.41, 5.74) is 1.65. The summed E-state index contributed by atoms with van der Waals surface area (Å²) in [7, 11) is 0. The molecule has 0 bridgehead atoms. The van der Waals surface area contributed by atoms with Crippen LogP contribution in [0.5, 0.6) is 17.2 Å². The Morgan fingerprint density at radius 3 is 2.12 bits per heavy atom. The molecule has 0 radical (unpaired) electrons. The normalized spacial score (nSPS) is 11.3. The molecule has 0 spiro atoms. The van der Waals surface area contributed by atoms with Crippen molar-refractivity contribution in [2.75, 3.05) is 0 Å². The highest BCUT2D eigenvalue weighted by molar-refractivity contribution is 9.11. The Hall–Kier alpha value is -2.51. The topological polar surface area (TPSA) is 90.9 Å². The summed E-state index contributed by atoms with van der Waals surface area (Å²) in [6, 6.07) is 10.8. The monoisotopic (exact) mass is 476 g/mol. The average Bonchev–Trinajstić information content (AvgIpc) is 2.55. The minimum absolute atomic E-state index is 0.261. The van der Waals surface area contributed by atoms with Gasteiger partial charge in [-0.15, -0.1) is 0 Å². The van der Waals surface area contributed by atoms with Gasteiger partial charge in [0, 0.05) is 37.6 Å². The quantitative estimate of drug-likeness (QED) is 0.258. The molecule has 1 aliphatic heterocycles. The molecule has 7 heteroatoms. The van der Waals surface area contributed by atoms with E-state index in [1.54, 1.807) is 0 Å². The summed E-state index contributed by atoms with van der Waals surface area (Å²) in [5, 5.41) is 30.2. The Bertz CT molecular complexity index is 1190. The average molecular weight is 478 g/mol. The summed E-state index contributed by atoms with van der Waals surface area (Å²) in [4.78, 5) is 11.8. The SMILES string of the molecule is O=c1cc2oc3cc(O)c(O)cc3c(-c3cc(Br)cc(Br)c3)c-2cc1O. The van der Waals surface area contributed by atoms with Crippen molar-refractivity contribution in [3.8, 4) is 39.7 Å². The van der Waals surface area contributed by atoms with E-state index in [1.807, 2.05) is 18.2 Å². The molecule has 2 aromatic rings. The number of hydrogen-bond donors (Lipinski definition) is 3. The smallest absolute Gasteiger partial charge is 0.223 e. The minimum Gasteiger partial charge on any atom is -0.504 e. The lowest BCUT2D eigenvalue weighted by atomic mass is 9.93. The van der Waals surface area contributed by atoms with Crippen LogP contribution in [-0.2, 0) is 0 Å². The first-order chi connectivity index (χ1) is 12.3. The maximum absolute atomic E-state index is 11.8. The molecule has 0 atom stereocenters. The van der Waals surface area contributed by atoms with E-state index in [0.717, 1.165) is 14.5 Å². The van der Waals surface area contributed by atoms with Gasteiger partial charge in [0.05, 0.1) is 0 Å². The fourth-order valence-electron chi connectivity index (χ4n) is 2.94. The minimum atomic E-state index is -0.565. The highest BCUT2D eigenvalue weighted by Crippen LogP contribution is 2.44. The summed E-state index contributed by atoms with van der Waals surface area (Å²) in [6.07, 6.45) is 0. The molecular formula is C19H10Br2O5. The van der Waals surface area contributed by atoms with E-state index in [2.05, 4.69) is 31.9 Å². The van der Waals surface area contributed by atoms with E-state index >= 15 is 0 Å². The van der Waals surface area contributed by atoms with Gasteiger partial charge in [-0.1, -0.05) is 31.9 Å². The maximum Gasteiger partial charge on any atom is 0.223 e. The molecule has 1 heterocycles. The van der Waals surface area contributed by atoms with Crippen molar-refractivity contribution in [1.29, 1.82) is 0 Å². The second-order valence-electron chi connectivity index (χ2n) is 5.79. The second-order valence-corrected chi connectivity index (χ2v) is 7.62. The summed E-state index contributed by atoms with van der Waals surface area (Å²) >= 11 is 6.90. The fourth-order valence-corrected chi connectivity index (χ4v) is 4.23. The number of phenols is 3. The molecule has 2 aromatic carbocycles. The van der Waals surface area contributed by atoms with Crippen LogP contribution in [0.3, 0.4) is 0 Å². The van der Waals surface area contributed by atoms with E-state index in [4.69, 9.17) is 4.42 Å². The summed E-state index contributed by atoms with van der Waals surface area (Å²) in [6.45, 7) is 0. The molecule has 0 saturated carbocycles. The third kappa shape index (κ3) is 2.73. The molecule has 0 unspecified atom stereocenters. The molecule has 4 rings (SSSR count). The van der Waals surface area contributed by atoms with Gasteiger partial charge in [-0.3, -0.25) is 4.79 Å². The molecule has 26 heavy (non-hydrogen) atoms. The van der Waals surface area contributed by atoms with Gasteiger partial charge in [-0.2, -0.15) is 0 Å². The number of benzene rings is 3. The van der Waals surface area contributed by atoms with Crippen molar-refractivity contribution in [1.82, 2.24) is 0 Å². The van der Waals surface area contributed by atoms with Gasteiger partial charge in [-0.25, -0.2) is 0 Å². The highest BCUT2D eigenvalue weighted by Gasteiger charge is 2.21. The Kier molecular flexibility index (Phi) is 3.93. The Morgan fingerprint density at radius 1 is 0.769 bits per heavy atom. The molecule has 2 aliphatic rings. The lowest BCUT2D eigenvalue weighted by molar-refractivity contribution is 0.404. The van der Waals surface area contributed by atoms with Crippen LogP contribution >= 0.6 is 31.9 Å². The zero-order valence-corrected chi connectivity index (χ0v) is 16.1. The highest BCUT2D eigenvalue weighted by atomic mass is 79.9. The molecule has 0 aromatic heterocycles. The molecular weight excluding hydrogens is 468 g/mol. The van der Waals surface area contributed by atoms with Crippen LogP contribution in [0, 0.1) is 0 Å². The zero-order chi connectivity index (χ0) is 18.6. The molecule has 0 saturated heterocycles. The number of phenolic OH excluding ortho intramolecular Hbond substituents is 3.